The zero-order chi connectivity index (χ0) is 38.1. The molecule has 7 aromatic carbocycles. The van der Waals surface area contributed by atoms with Crippen LogP contribution >= 0.6 is 0 Å². The number of nitrogens with zero attached hydrogens (tertiary/aromatic N) is 5. The number of hydrogen-bond donors (Lipinski definition) is 0. The zero-order valence-corrected chi connectivity index (χ0v) is 31.5. The van der Waals surface area contributed by atoms with Crippen molar-refractivity contribution >= 4 is 32.4 Å². The molecule has 0 fully saturated rings. The van der Waals surface area contributed by atoms with Crippen LogP contribution in [0.25, 0.3) is 100 Å². The molecule has 268 valence electrons. The Morgan fingerprint density at radius 3 is 1.77 bits per heavy atom. The van der Waals surface area contributed by atoms with Gasteiger partial charge in [0.2, 0.25) is 0 Å². The SMILES string of the molecule is CC1(C)c2ccc(-c3cc(-c4nc(-c5ccccc5)nc(-c5ccccc5)n4)cc(-c4nc5ccccc5c5ccncc45)c3)cc2-c2c1ccc1ccccc21. The fourth-order valence-electron chi connectivity index (χ4n) is 8.72. The maximum atomic E-state index is 5.32. The summed E-state index contributed by atoms with van der Waals surface area (Å²) in [5.41, 5.74) is 12.8. The third-order valence-electron chi connectivity index (χ3n) is 11.6. The van der Waals surface area contributed by atoms with Crippen LogP contribution in [0.1, 0.15) is 25.0 Å². The number of fused-ring (bicyclic) bond motifs is 8. The van der Waals surface area contributed by atoms with E-state index in [0.29, 0.717) is 17.5 Å². The van der Waals surface area contributed by atoms with Crippen molar-refractivity contribution in [3.8, 4) is 67.7 Å². The summed E-state index contributed by atoms with van der Waals surface area (Å²) >= 11 is 0. The second kappa shape index (κ2) is 12.9. The molecule has 0 bridgehead atoms. The Kier molecular flexibility index (Phi) is 7.45. The van der Waals surface area contributed by atoms with Gasteiger partial charge in [-0.15, -0.1) is 0 Å². The summed E-state index contributed by atoms with van der Waals surface area (Å²) in [5.74, 6) is 1.83. The average Bonchev–Trinajstić information content (AvgIpc) is 3.51. The van der Waals surface area contributed by atoms with E-state index in [9.17, 15) is 0 Å². The van der Waals surface area contributed by atoms with Crippen LogP contribution in [0.5, 0.6) is 0 Å². The van der Waals surface area contributed by atoms with E-state index >= 15 is 0 Å². The quantitative estimate of drug-likeness (QED) is 0.165. The van der Waals surface area contributed by atoms with Gasteiger partial charge in [-0.1, -0.05) is 141 Å². The Balaban J connectivity index is 1.18. The van der Waals surface area contributed by atoms with Crippen molar-refractivity contribution in [2.24, 2.45) is 0 Å². The summed E-state index contributed by atoms with van der Waals surface area (Å²) < 4.78 is 0. The van der Waals surface area contributed by atoms with Gasteiger partial charge in [0.05, 0.1) is 11.2 Å². The number of rotatable bonds is 5. The van der Waals surface area contributed by atoms with Crippen molar-refractivity contribution in [2.75, 3.05) is 0 Å². The minimum Gasteiger partial charge on any atom is -0.264 e. The first-order chi connectivity index (χ1) is 28.0. The van der Waals surface area contributed by atoms with E-state index in [1.165, 1.54) is 33.0 Å². The fourth-order valence-corrected chi connectivity index (χ4v) is 8.72. The molecule has 0 unspecified atom stereocenters. The van der Waals surface area contributed by atoms with Crippen LogP contribution < -0.4 is 0 Å². The summed E-state index contributed by atoms with van der Waals surface area (Å²) in [7, 11) is 0. The molecule has 0 atom stereocenters. The van der Waals surface area contributed by atoms with Crippen LogP contribution in [0.3, 0.4) is 0 Å². The Morgan fingerprint density at radius 2 is 1.02 bits per heavy atom. The van der Waals surface area contributed by atoms with Gasteiger partial charge in [0, 0.05) is 50.8 Å². The summed E-state index contributed by atoms with van der Waals surface area (Å²) in [6.07, 6.45) is 3.79. The summed E-state index contributed by atoms with van der Waals surface area (Å²) in [5, 5.41) is 5.72. The van der Waals surface area contributed by atoms with Crippen LogP contribution in [0.4, 0.5) is 0 Å². The molecule has 3 aromatic heterocycles. The lowest BCUT2D eigenvalue weighted by atomic mass is 9.82. The van der Waals surface area contributed by atoms with Crippen LogP contribution in [0.2, 0.25) is 0 Å². The highest BCUT2D eigenvalue weighted by Gasteiger charge is 2.36. The molecule has 0 spiro atoms. The highest BCUT2D eigenvalue weighted by Crippen LogP contribution is 2.52. The molecule has 0 saturated heterocycles. The molecule has 3 heterocycles. The highest BCUT2D eigenvalue weighted by atomic mass is 15.0. The number of aromatic nitrogens is 5. The van der Waals surface area contributed by atoms with Gasteiger partial charge in [-0.2, -0.15) is 0 Å². The van der Waals surface area contributed by atoms with Crippen LogP contribution in [0, 0.1) is 0 Å². The predicted molar refractivity (Wildman–Crippen MR) is 233 cm³/mol. The van der Waals surface area contributed by atoms with E-state index in [0.717, 1.165) is 60.8 Å². The molecule has 11 rings (SSSR count). The van der Waals surface area contributed by atoms with E-state index in [4.69, 9.17) is 19.9 Å². The Hall–Kier alpha value is -7.37. The van der Waals surface area contributed by atoms with Gasteiger partial charge >= 0.3 is 0 Å². The molecule has 0 radical (unpaired) electrons. The van der Waals surface area contributed by atoms with E-state index in [-0.39, 0.29) is 5.41 Å². The fraction of sp³-hybridized carbons (Fsp3) is 0.0577. The first-order valence-corrected chi connectivity index (χ1v) is 19.3. The molecule has 0 amide bonds. The average molecular weight is 730 g/mol. The third-order valence-corrected chi connectivity index (χ3v) is 11.6. The van der Waals surface area contributed by atoms with Crippen LogP contribution in [-0.4, -0.2) is 24.9 Å². The Bertz CT molecular complexity index is 3150. The van der Waals surface area contributed by atoms with E-state index < -0.39 is 0 Å². The van der Waals surface area contributed by atoms with Gasteiger partial charge in [0.25, 0.3) is 0 Å². The molecule has 10 aromatic rings. The first kappa shape index (κ1) is 33.0. The minimum atomic E-state index is -0.131. The van der Waals surface area contributed by atoms with Crippen molar-refractivity contribution in [3.05, 3.63) is 187 Å². The molecule has 1 aliphatic rings. The van der Waals surface area contributed by atoms with Gasteiger partial charge in [-0.05, 0) is 85.9 Å². The molecule has 0 saturated carbocycles. The van der Waals surface area contributed by atoms with E-state index in [2.05, 4.69) is 116 Å². The predicted octanol–water partition coefficient (Wildman–Crippen LogP) is 12.8. The van der Waals surface area contributed by atoms with Crippen LogP contribution in [0.15, 0.2) is 176 Å². The van der Waals surface area contributed by atoms with Crippen molar-refractivity contribution < 1.29 is 0 Å². The maximum Gasteiger partial charge on any atom is 0.164 e. The molecule has 5 nitrogen and oxygen atoms in total. The molecular weight excluding hydrogens is 695 g/mol. The first-order valence-electron chi connectivity index (χ1n) is 19.3. The molecule has 57 heavy (non-hydrogen) atoms. The molecular formula is C52H35N5. The second-order valence-electron chi connectivity index (χ2n) is 15.3. The monoisotopic (exact) mass is 729 g/mol. The molecule has 5 heteroatoms. The van der Waals surface area contributed by atoms with Gasteiger partial charge in [-0.3, -0.25) is 4.98 Å². The van der Waals surface area contributed by atoms with E-state index in [1.807, 2.05) is 79.1 Å². The maximum absolute atomic E-state index is 5.32. The highest BCUT2D eigenvalue weighted by molar-refractivity contribution is 6.11. The van der Waals surface area contributed by atoms with Gasteiger partial charge in [0.1, 0.15) is 0 Å². The van der Waals surface area contributed by atoms with Crippen LogP contribution in [-0.2, 0) is 5.41 Å². The van der Waals surface area contributed by atoms with Crippen molar-refractivity contribution in [3.63, 3.8) is 0 Å². The normalized spacial score (nSPS) is 12.9. The molecule has 0 aliphatic heterocycles. The topological polar surface area (TPSA) is 64.5 Å². The smallest absolute Gasteiger partial charge is 0.164 e. The minimum absolute atomic E-state index is 0.131. The zero-order valence-electron chi connectivity index (χ0n) is 31.5. The lowest BCUT2D eigenvalue weighted by Crippen LogP contribution is -2.14. The summed E-state index contributed by atoms with van der Waals surface area (Å²) in [4.78, 5) is 25.2. The molecule has 0 N–H and O–H groups in total. The van der Waals surface area contributed by atoms with Crippen molar-refractivity contribution in [1.82, 2.24) is 24.9 Å². The number of para-hydroxylation sites is 1. The Labute approximate surface area is 330 Å². The number of pyridine rings is 2. The van der Waals surface area contributed by atoms with E-state index in [1.54, 1.807) is 0 Å². The third kappa shape index (κ3) is 5.42. The van der Waals surface area contributed by atoms with Crippen molar-refractivity contribution in [1.29, 1.82) is 0 Å². The molecule has 1 aliphatic carbocycles. The van der Waals surface area contributed by atoms with Gasteiger partial charge in [-0.25, -0.2) is 19.9 Å². The number of hydrogen-bond acceptors (Lipinski definition) is 5. The summed E-state index contributed by atoms with van der Waals surface area (Å²) in [6.45, 7) is 4.68. The summed E-state index contributed by atoms with van der Waals surface area (Å²) in [6, 6.07) is 57.6. The number of benzene rings is 7. The lowest BCUT2D eigenvalue weighted by molar-refractivity contribution is 0.661. The second-order valence-corrected chi connectivity index (χ2v) is 15.3. The Morgan fingerprint density at radius 1 is 0.404 bits per heavy atom. The lowest BCUT2D eigenvalue weighted by Gasteiger charge is -2.21. The van der Waals surface area contributed by atoms with Crippen molar-refractivity contribution in [2.45, 2.75) is 19.3 Å². The van der Waals surface area contributed by atoms with Gasteiger partial charge in [0.15, 0.2) is 17.5 Å². The largest absolute Gasteiger partial charge is 0.264 e. The standard InChI is InChI=1S/C52H35N5/c1-52(2)44-23-22-35(30-42(44)47-39-18-10-9-13-32(39)21-24-45(47)52)36-27-37(48-43-31-53-26-25-40(43)41-19-11-12-20-46(41)54-48)29-38(28-36)51-56-49(33-14-5-3-6-15-33)55-50(57-51)34-16-7-4-8-17-34/h3-31H,1-2H3. The van der Waals surface area contributed by atoms with Gasteiger partial charge < -0.3 is 0 Å².